The van der Waals surface area contributed by atoms with Gasteiger partial charge in [-0.05, 0) is 66.8 Å². The van der Waals surface area contributed by atoms with Crippen LogP contribution in [0.4, 0.5) is 5.69 Å². The summed E-state index contributed by atoms with van der Waals surface area (Å²) in [5.41, 5.74) is 2.84. The molecule has 8 nitrogen and oxygen atoms in total. The first-order chi connectivity index (χ1) is 16.4. The summed E-state index contributed by atoms with van der Waals surface area (Å²) in [4.78, 5) is 17.2. The lowest BCUT2D eigenvalue weighted by Crippen LogP contribution is -2.34. The van der Waals surface area contributed by atoms with Crippen LogP contribution in [-0.2, 0) is 0 Å². The van der Waals surface area contributed by atoms with Crippen LogP contribution in [0.5, 0.6) is 17.2 Å². The molecule has 1 amide bonds. The second-order valence-electron chi connectivity index (χ2n) is 7.02. The van der Waals surface area contributed by atoms with Gasteiger partial charge in [0.15, 0.2) is 22.2 Å². The number of carbonyl (C=O) groups is 1. The molecule has 1 aromatic heterocycles. The summed E-state index contributed by atoms with van der Waals surface area (Å²) in [5.74, 6) is 1.55. The molecule has 2 N–H and O–H groups in total. The average molecular weight is 498 g/mol. The van der Waals surface area contributed by atoms with E-state index in [1.54, 1.807) is 56.7 Å². The molecule has 3 aromatic carbocycles. The Kier molecular flexibility index (Phi) is 6.85. The molecule has 0 saturated carbocycles. The van der Waals surface area contributed by atoms with E-state index in [4.69, 9.17) is 42.4 Å². The number of ether oxygens (including phenoxy) is 3. The normalized spacial score (nSPS) is 10.6. The quantitative estimate of drug-likeness (QED) is 0.346. The van der Waals surface area contributed by atoms with Crippen molar-refractivity contribution in [1.29, 1.82) is 0 Å². The molecular weight excluding hydrogens is 478 g/mol. The van der Waals surface area contributed by atoms with E-state index in [2.05, 4.69) is 15.6 Å². The van der Waals surface area contributed by atoms with Gasteiger partial charge in [0.2, 0.25) is 5.89 Å². The first-order valence-corrected chi connectivity index (χ1v) is 10.8. The zero-order valence-electron chi connectivity index (χ0n) is 18.5. The van der Waals surface area contributed by atoms with Gasteiger partial charge in [-0.1, -0.05) is 11.6 Å². The predicted molar refractivity (Wildman–Crippen MR) is 134 cm³/mol. The van der Waals surface area contributed by atoms with Crippen LogP contribution in [-0.4, -0.2) is 37.3 Å². The van der Waals surface area contributed by atoms with Crippen molar-refractivity contribution in [2.45, 2.75) is 0 Å². The van der Waals surface area contributed by atoms with Crippen molar-refractivity contribution >= 4 is 51.6 Å². The number of rotatable bonds is 6. The Bertz CT molecular complexity index is 1390. The van der Waals surface area contributed by atoms with Gasteiger partial charge in [-0.2, -0.15) is 0 Å². The first-order valence-electron chi connectivity index (χ1n) is 10.0. The van der Waals surface area contributed by atoms with E-state index in [0.717, 1.165) is 5.56 Å². The fraction of sp³-hybridized carbons (Fsp3) is 0.125. The fourth-order valence-corrected chi connectivity index (χ4v) is 3.67. The number of hydrogen-bond donors (Lipinski definition) is 2. The van der Waals surface area contributed by atoms with Gasteiger partial charge in [0.25, 0.3) is 5.91 Å². The van der Waals surface area contributed by atoms with Crippen LogP contribution < -0.4 is 24.8 Å². The zero-order chi connectivity index (χ0) is 24.2. The molecule has 0 atom stereocenters. The maximum absolute atomic E-state index is 12.6. The molecular formula is C24H20ClN3O5S. The standard InChI is InChI=1S/C24H20ClN3O5S/c1-30-18-8-5-14(25)11-16(18)22(29)28-24(34)26-15-6-9-19-17(12-15)27-23(33-19)13-4-7-20(31-2)21(10-13)32-3/h4-12H,1-3H3,(H2,26,28,29,34). The molecule has 34 heavy (non-hydrogen) atoms. The van der Waals surface area contributed by atoms with Gasteiger partial charge >= 0.3 is 0 Å². The monoisotopic (exact) mass is 497 g/mol. The number of halogens is 1. The fourth-order valence-electron chi connectivity index (χ4n) is 3.29. The van der Waals surface area contributed by atoms with Gasteiger partial charge < -0.3 is 23.9 Å². The van der Waals surface area contributed by atoms with E-state index in [0.29, 0.717) is 44.9 Å². The van der Waals surface area contributed by atoms with E-state index in [9.17, 15) is 4.79 Å². The van der Waals surface area contributed by atoms with Gasteiger partial charge in [-0.15, -0.1) is 0 Å². The van der Waals surface area contributed by atoms with E-state index >= 15 is 0 Å². The summed E-state index contributed by atoms with van der Waals surface area (Å²) in [5, 5.41) is 6.11. The number of carbonyl (C=O) groups excluding carboxylic acids is 1. The minimum absolute atomic E-state index is 0.106. The molecule has 1 heterocycles. The number of benzene rings is 3. The van der Waals surface area contributed by atoms with Crippen LogP contribution in [0.2, 0.25) is 5.02 Å². The Morgan fingerprint density at radius 2 is 1.68 bits per heavy atom. The highest BCUT2D eigenvalue weighted by atomic mass is 35.5. The van der Waals surface area contributed by atoms with Crippen molar-refractivity contribution in [3.05, 3.63) is 65.2 Å². The van der Waals surface area contributed by atoms with Crippen molar-refractivity contribution in [3.8, 4) is 28.7 Å². The van der Waals surface area contributed by atoms with E-state index in [-0.39, 0.29) is 10.7 Å². The number of nitrogens with one attached hydrogen (secondary N) is 2. The molecule has 0 saturated heterocycles. The third-order valence-electron chi connectivity index (χ3n) is 4.91. The Morgan fingerprint density at radius 3 is 2.41 bits per heavy atom. The molecule has 4 rings (SSSR count). The highest BCUT2D eigenvalue weighted by molar-refractivity contribution is 7.80. The molecule has 10 heteroatoms. The summed E-state index contributed by atoms with van der Waals surface area (Å²) in [7, 11) is 4.61. The summed E-state index contributed by atoms with van der Waals surface area (Å²) in [6, 6.07) is 15.5. The number of methoxy groups -OCH3 is 3. The lowest BCUT2D eigenvalue weighted by molar-refractivity contribution is 0.0974. The maximum atomic E-state index is 12.6. The number of anilines is 1. The third kappa shape index (κ3) is 4.90. The Morgan fingerprint density at radius 1 is 0.941 bits per heavy atom. The number of oxazole rings is 1. The number of fused-ring (bicyclic) bond motifs is 1. The average Bonchev–Trinajstić information content (AvgIpc) is 3.26. The minimum Gasteiger partial charge on any atom is -0.496 e. The van der Waals surface area contributed by atoms with Crippen LogP contribution in [0.15, 0.2) is 59.0 Å². The van der Waals surface area contributed by atoms with Gasteiger partial charge in [-0.25, -0.2) is 4.98 Å². The van der Waals surface area contributed by atoms with Crippen molar-refractivity contribution in [2.24, 2.45) is 0 Å². The van der Waals surface area contributed by atoms with Gasteiger partial charge in [0.1, 0.15) is 11.3 Å². The lowest BCUT2D eigenvalue weighted by Gasteiger charge is -2.12. The molecule has 0 bridgehead atoms. The Balaban J connectivity index is 1.51. The smallest absolute Gasteiger partial charge is 0.261 e. The van der Waals surface area contributed by atoms with Gasteiger partial charge in [0, 0.05) is 16.3 Å². The van der Waals surface area contributed by atoms with Crippen LogP contribution in [0.25, 0.3) is 22.6 Å². The molecule has 0 aliphatic carbocycles. The van der Waals surface area contributed by atoms with Crippen molar-refractivity contribution < 1.29 is 23.4 Å². The summed E-state index contributed by atoms with van der Waals surface area (Å²) in [6.45, 7) is 0. The van der Waals surface area contributed by atoms with Crippen molar-refractivity contribution in [2.75, 3.05) is 26.6 Å². The van der Waals surface area contributed by atoms with Crippen molar-refractivity contribution in [1.82, 2.24) is 10.3 Å². The molecule has 0 spiro atoms. The summed E-state index contributed by atoms with van der Waals surface area (Å²) < 4.78 is 21.7. The van der Waals surface area contributed by atoms with Crippen LogP contribution in [0.1, 0.15) is 10.4 Å². The number of hydrogen-bond acceptors (Lipinski definition) is 7. The Labute approximate surface area is 205 Å². The van der Waals surface area contributed by atoms with Gasteiger partial charge in [-0.3, -0.25) is 10.1 Å². The summed E-state index contributed by atoms with van der Waals surface area (Å²) in [6.07, 6.45) is 0. The molecule has 0 aliphatic rings. The molecule has 0 aliphatic heterocycles. The number of thiocarbonyl (C=S) groups is 1. The van der Waals surface area contributed by atoms with Crippen LogP contribution in [0, 0.1) is 0 Å². The second kappa shape index (κ2) is 9.98. The predicted octanol–water partition coefficient (Wildman–Crippen LogP) is 5.30. The first kappa shape index (κ1) is 23.3. The van der Waals surface area contributed by atoms with E-state index in [1.165, 1.54) is 13.2 Å². The molecule has 0 unspecified atom stereocenters. The molecule has 0 radical (unpaired) electrons. The number of amides is 1. The van der Waals surface area contributed by atoms with Crippen molar-refractivity contribution in [3.63, 3.8) is 0 Å². The third-order valence-corrected chi connectivity index (χ3v) is 5.35. The number of nitrogens with zero attached hydrogens (tertiary/aromatic N) is 1. The highest BCUT2D eigenvalue weighted by Gasteiger charge is 2.16. The largest absolute Gasteiger partial charge is 0.496 e. The maximum Gasteiger partial charge on any atom is 0.261 e. The summed E-state index contributed by atoms with van der Waals surface area (Å²) >= 11 is 11.3. The topological polar surface area (TPSA) is 94.9 Å². The molecule has 0 fully saturated rings. The van der Waals surface area contributed by atoms with Crippen LogP contribution >= 0.6 is 23.8 Å². The zero-order valence-corrected chi connectivity index (χ0v) is 20.0. The number of aromatic nitrogens is 1. The van der Waals surface area contributed by atoms with Crippen LogP contribution in [0.3, 0.4) is 0 Å². The lowest BCUT2D eigenvalue weighted by atomic mass is 10.2. The molecule has 4 aromatic rings. The highest BCUT2D eigenvalue weighted by Crippen LogP contribution is 2.33. The Hall–Kier alpha value is -3.82. The van der Waals surface area contributed by atoms with E-state index in [1.807, 2.05) is 6.07 Å². The molecule has 174 valence electrons. The van der Waals surface area contributed by atoms with E-state index < -0.39 is 5.91 Å². The second-order valence-corrected chi connectivity index (χ2v) is 7.87. The minimum atomic E-state index is -0.449. The SMILES string of the molecule is COc1ccc(-c2nc3cc(NC(=S)NC(=O)c4cc(Cl)ccc4OC)ccc3o2)cc1OC. The van der Waals surface area contributed by atoms with Gasteiger partial charge in [0.05, 0.1) is 26.9 Å².